The maximum Gasteiger partial charge on any atom is 0.353 e. The zero-order valence-corrected chi connectivity index (χ0v) is 17.7. The summed E-state index contributed by atoms with van der Waals surface area (Å²) in [5, 5.41) is 10.4. The first-order valence-electron chi connectivity index (χ1n) is 10.00. The lowest BCUT2D eigenvalue weighted by Crippen LogP contribution is -2.04. The SMILES string of the molecule is O=c1oc(-c2ccc(OCc3ccccc3)cc2)cc(O)c1SCCc1ccccc1. The molecule has 0 radical (unpaired) electrons. The number of rotatable bonds is 8. The molecule has 31 heavy (non-hydrogen) atoms. The Hall–Kier alpha value is -3.44. The number of ether oxygens (including phenoxy) is 1. The van der Waals surface area contributed by atoms with Crippen molar-refractivity contribution in [3.05, 3.63) is 113 Å². The molecule has 4 aromatic rings. The highest BCUT2D eigenvalue weighted by Crippen LogP contribution is 2.31. The summed E-state index contributed by atoms with van der Waals surface area (Å²) in [5.41, 5.74) is 2.44. The van der Waals surface area contributed by atoms with E-state index in [9.17, 15) is 9.90 Å². The summed E-state index contributed by atoms with van der Waals surface area (Å²) >= 11 is 1.30. The largest absolute Gasteiger partial charge is 0.506 e. The lowest BCUT2D eigenvalue weighted by atomic mass is 10.1. The lowest BCUT2D eigenvalue weighted by molar-refractivity contribution is 0.306. The van der Waals surface area contributed by atoms with E-state index in [-0.39, 0.29) is 10.6 Å². The van der Waals surface area contributed by atoms with Gasteiger partial charge in [0.2, 0.25) is 0 Å². The maximum absolute atomic E-state index is 12.4. The molecule has 0 amide bonds. The van der Waals surface area contributed by atoms with E-state index < -0.39 is 5.63 Å². The van der Waals surface area contributed by atoms with Gasteiger partial charge in [0, 0.05) is 17.4 Å². The van der Waals surface area contributed by atoms with Gasteiger partial charge < -0.3 is 14.3 Å². The molecule has 0 saturated heterocycles. The van der Waals surface area contributed by atoms with Crippen LogP contribution >= 0.6 is 11.8 Å². The van der Waals surface area contributed by atoms with E-state index in [1.54, 1.807) is 12.1 Å². The quantitative estimate of drug-likeness (QED) is 0.351. The Bertz CT molecular complexity index is 1170. The Balaban J connectivity index is 1.40. The fraction of sp³-hybridized carbons (Fsp3) is 0.115. The number of hydrogen-bond donors (Lipinski definition) is 1. The first kappa shape index (κ1) is 20.8. The van der Waals surface area contributed by atoms with Crippen molar-refractivity contribution < 1.29 is 14.3 Å². The molecule has 1 aromatic heterocycles. The van der Waals surface area contributed by atoms with Gasteiger partial charge in [-0.25, -0.2) is 4.79 Å². The normalized spacial score (nSPS) is 10.7. The monoisotopic (exact) mass is 430 g/mol. The van der Waals surface area contributed by atoms with Crippen molar-refractivity contribution in [2.75, 3.05) is 5.75 Å². The highest BCUT2D eigenvalue weighted by Gasteiger charge is 2.13. The van der Waals surface area contributed by atoms with E-state index in [0.29, 0.717) is 29.4 Å². The predicted molar refractivity (Wildman–Crippen MR) is 124 cm³/mol. The zero-order chi connectivity index (χ0) is 21.5. The molecule has 0 aliphatic rings. The molecule has 0 bridgehead atoms. The van der Waals surface area contributed by atoms with Crippen molar-refractivity contribution in [2.24, 2.45) is 0 Å². The van der Waals surface area contributed by atoms with Gasteiger partial charge in [0.05, 0.1) is 0 Å². The van der Waals surface area contributed by atoms with Crippen LogP contribution in [0.4, 0.5) is 0 Å². The third-order valence-electron chi connectivity index (χ3n) is 4.76. The summed E-state index contributed by atoms with van der Waals surface area (Å²) in [6.45, 7) is 0.477. The van der Waals surface area contributed by atoms with E-state index in [1.807, 2.05) is 72.8 Å². The third-order valence-corrected chi connectivity index (χ3v) is 5.83. The van der Waals surface area contributed by atoms with Gasteiger partial charge in [-0.15, -0.1) is 11.8 Å². The number of aromatic hydroxyl groups is 1. The molecule has 3 aromatic carbocycles. The molecule has 5 heteroatoms. The van der Waals surface area contributed by atoms with Gasteiger partial charge in [0.25, 0.3) is 0 Å². The van der Waals surface area contributed by atoms with Gasteiger partial charge >= 0.3 is 5.63 Å². The number of aryl methyl sites for hydroxylation is 1. The number of benzene rings is 3. The molecule has 0 spiro atoms. The van der Waals surface area contributed by atoms with Crippen LogP contribution in [0.5, 0.6) is 11.5 Å². The van der Waals surface area contributed by atoms with E-state index in [0.717, 1.165) is 12.0 Å². The van der Waals surface area contributed by atoms with Crippen LogP contribution < -0.4 is 10.4 Å². The zero-order valence-electron chi connectivity index (χ0n) is 16.9. The van der Waals surface area contributed by atoms with E-state index >= 15 is 0 Å². The first-order chi connectivity index (χ1) is 15.2. The summed E-state index contributed by atoms with van der Waals surface area (Å²) in [5.74, 6) is 1.65. The molecule has 4 nitrogen and oxygen atoms in total. The van der Waals surface area contributed by atoms with Crippen LogP contribution in [0.25, 0.3) is 11.3 Å². The van der Waals surface area contributed by atoms with E-state index in [2.05, 4.69) is 0 Å². The molecule has 0 atom stereocenters. The average molecular weight is 431 g/mol. The van der Waals surface area contributed by atoms with Crippen molar-refractivity contribution in [3.8, 4) is 22.8 Å². The van der Waals surface area contributed by atoms with Crippen molar-refractivity contribution in [2.45, 2.75) is 17.9 Å². The van der Waals surface area contributed by atoms with Gasteiger partial charge in [-0.05, 0) is 41.8 Å². The van der Waals surface area contributed by atoms with Crippen LogP contribution in [0.1, 0.15) is 11.1 Å². The van der Waals surface area contributed by atoms with Gasteiger partial charge in [0.1, 0.15) is 28.8 Å². The molecule has 0 aliphatic heterocycles. The lowest BCUT2D eigenvalue weighted by Gasteiger charge is -2.08. The van der Waals surface area contributed by atoms with Crippen LogP contribution in [0, 0.1) is 0 Å². The van der Waals surface area contributed by atoms with Crippen molar-refractivity contribution in [1.29, 1.82) is 0 Å². The topological polar surface area (TPSA) is 59.7 Å². The highest BCUT2D eigenvalue weighted by atomic mass is 32.2. The van der Waals surface area contributed by atoms with Crippen molar-refractivity contribution in [1.82, 2.24) is 0 Å². The standard InChI is InChI=1S/C26H22O4S/c27-23-17-24(30-26(28)25(23)31-16-15-19-7-3-1-4-8-19)21-11-13-22(14-12-21)29-18-20-9-5-2-6-10-20/h1-14,17,27H,15-16,18H2. The Kier molecular flexibility index (Phi) is 6.75. The maximum atomic E-state index is 12.4. The predicted octanol–water partition coefficient (Wildman–Crippen LogP) is 5.93. The van der Waals surface area contributed by atoms with Gasteiger partial charge in [0.15, 0.2) is 0 Å². The molecular formula is C26H22O4S. The van der Waals surface area contributed by atoms with E-state index in [4.69, 9.17) is 9.15 Å². The van der Waals surface area contributed by atoms with E-state index in [1.165, 1.54) is 23.4 Å². The van der Waals surface area contributed by atoms with Gasteiger partial charge in [-0.3, -0.25) is 0 Å². The number of thioether (sulfide) groups is 1. The van der Waals surface area contributed by atoms with Crippen molar-refractivity contribution >= 4 is 11.8 Å². The minimum atomic E-state index is -0.530. The molecule has 156 valence electrons. The summed E-state index contributed by atoms with van der Waals surface area (Å²) in [6, 6.07) is 28.7. The Morgan fingerprint density at radius 1 is 0.839 bits per heavy atom. The molecule has 0 aliphatic carbocycles. The summed E-state index contributed by atoms with van der Waals surface area (Å²) in [7, 11) is 0. The second-order valence-electron chi connectivity index (χ2n) is 7.00. The smallest absolute Gasteiger partial charge is 0.353 e. The molecule has 0 fully saturated rings. The number of hydrogen-bond acceptors (Lipinski definition) is 5. The second kappa shape index (κ2) is 10.0. The molecule has 4 rings (SSSR count). The summed E-state index contributed by atoms with van der Waals surface area (Å²) in [4.78, 5) is 12.7. The summed E-state index contributed by atoms with van der Waals surface area (Å²) < 4.78 is 11.3. The molecule has 0 unspecified atom stereocenters. The van der Waals surface area contributed by atoms with Gasteiger partial charge in [-0.1, -0.05) is 60.7 Å². The van der Waals surface area contributed by atoms with Crippen molar-refractivity contribution in [3.63, 3.8) is 0 Å². The van der Waals surface area contributed by atoms with Crippen LogP contribution in [-0.4, -0.2) is 10.9 Å². The summed E-state index contributed by atoms with van der Waals surface area (Å²) in [6.07, 6.45) is 0.802. The molecule has 1 heterocycles. The average Bonchev–Trinajstić information content (AvgIpc) is 2.81. The van der Waals surface area contributed by atoms with Crippen LogP contribution in [0.3, 0.4) is 0 Å². The highest BCUT2D eigenvalue weighted by molar-refractivity contribution is 7.99. The van der Waals surface area contributed by atoms with Crippen LogP contribution in [0.2, 0.25) is 0 Å². The Morgan fingerprint density at radius 3 is 2.13 bits per heavy atom. The molecule has 1 N–H and O–H groups in total. The first-order valence-corrected chi connectivity index (χ1v) is 11.0. The Morgan fingerprint density at radius 2 is 1.48 bits per heavy atom. The minimum Gasteiger partial charge on any atom is -0.506 e. The molecule has 0 saturated carbocycles. The second-order valence-corrected chi connectivity index (χ2v) is 8.10. The third kappa shape index (κ3) is 5.58. The minimum absolute atomic E-state index is 0.0614. The van der Waals surface area contributed by atoms with Crippen LogP contribution in [0.15, 0.2) is 105 Å². The fourth-order valence-corrected chi connectivity index (χ4v) is 4.03. The van der Waals surface area contributed by atoms with Crippen LogP contribution in [-0.2, 0) is 13.0 Å². The Labute approximate surface area is 185 Å². The molecular weight excluding hydrogens is 408 g/mol. The van der Waals surface area contributed by atoms with Gasteiger partial charge in [-0.2, -0.15) is 0 Å². The fourth-order valence-electron chi connectivity index (χ4n) is 3.12.